The second-order valence-corrected chi connectivity index (χ2v) is 6.34. The smallest absolute Gasteiger partial charge is 0.344 e. The van der Waals surface area contributed by atoms with E-state index in [0.717, 1.165) is 0 Å². The molecule has 0 spiro atoms. The minimum absolute atomic E-state index is 0.00390. The first-order chi connectivity index (χ1) is 14.8. The van der Waals surface area contributed by atoms with E-state index in [2.05, 4.69) is 0 Å². The highest BCUT2D eigenvalue weighted by Gasteiger charge is 2.14. The molecule has 0 saturated carbocycles. The zero-order chi connectivity index (χ0) is 22.8. The molecule has 0 heterocycles. The zero-order valence-corrected chi connectivity index (χ0v) is 17.1. The first-order valence-electron chi connectivity index (χ1n) is 8.87. The number of carbonyl (C=O) groups is 1. The van der Waals surface area contributed by atoms with Crippen molar-refractivity contribution in [3.63, 3.8) is 0 Å². The fourth-order valence-electron chi connectivity index (χ4n) is 2.16. The lowest BCUT2D eigenvalue weighted by atomic mass is 10.3. The molecule has 2 aromatic carbocycles. The molecule has 31 heavy (non-hydrogen) atoms. The molecule has 2 aromatic rings. The van der Waals surface area contributed by atoms with Gasteiger partial charge in [-0.3, -0.25) is 20.2 Å². The molecule has 2 rings (SSSR count). The fourth-order valence-corrected chi connectivity index (χ4v) is 2.29. The van der Waals surface area contributed by atoms with Crippen molar-refractivity contribution < 1.29 is 33.6 Å². The van der Waals surface area contributed by atoms with Gasteiger partial charge in [0.1, 0.15) is 24.7 Å². The minimum Gasteiger partial charge on any atom is -0.482 e. The van der Waals surface area contributed by atoms with Crippen molar-refractivity contribution in [3.8, 4) is 11.5 Å². The summed E-state index contributed by atoms with van der Waals surface area (Å²) in [5.74, 6) is 0.0270. The van der Waals surface area contributed by atoms with Crippen LogP contribution < -0.4 is 9.47 Å². The molecule has 0 bridgehead atoms. The largest absolute Gasteiger partial charge is 0.482 e. The SMILES string of the molecule is CC(Oc1ccc([N+](=O)[O-])cc1)C(=S)OCCOC(=O)COc1ccc([N+](=O)[O-])cc1. The van der Waals surface area contributed by atoms with E-state index < -0.39 is 21.9 Å². The van der Waals surface area contributed by atoms with Crippen molar-refractivity contribution in [3.05, 3.63) is 68.8 Å². The monoisotopic (exact) mass is 450 g/mol. The summed E-state index contributed by atoms with van der Waals surface area (Å²) in [4.78, 5) is 31.8. The van der Waals surface area contributed by atoms with Crippen LogP contribution in [-0.4, -0.2) is 46.8 Å². The maximum Gasteiger partial charge on any atom is 0.344 e. The highest BCUT2D eigenvalue weighted by molar-refractivity contribution is 7.80. The lowest BCUT2D eigenvalue weighted by molar-refractivity contribution is -0.385. The second-order valence-electron chi connectivity index (χ2n) is 5.94. The van der Waals surface area contributed by atoms with E-state index in [-0.39, 0.29) is 42.0 Å². The second kappa shape index (κ2) is 11.4. The molecule has 1 unspecified atom stereocenters. The Morgan fingerprint density at radius 2 is 1.39 bits per heavy atom. The maximum absolute atomic E-state index is 11.7. The Balaban J connectivity index is 1.64. The van der Waals surface area contributed by atoms with Gasteiger partial charge in [0.05, 0.1) is 9.85 Å². The molecule has 1 atom stereocenters. The van der Waals surface area contributed by atoms with E-state index in [1.807, 2.05) is 0 Å². The summed E-state index contributed by atoms with van der Waals surface area (Å²) in [6.07, 6.45) is -0.613. The average Bonchev–Trinajstić information content (AvgIpc) is 2.75. The lowest BCUT2D eigenvalue weighted by Gasteiger charge is -2.16. The average molecular weight is 450 g/mol. The fraction of sp³-hybridized carbons (Fsp3) is 0.263. The Hall–Kier alpha value is -3.80. The zero-order valence-electron chi connectivity index (χ0n) is 16.3. The molecule has 0 N–H and O–H groups in total. The summed E-state index contributed by atoms with van der Waals surface area (Å²) in [5, 5.41) is 21.3. The lowest BCUT2D eigenvalue weighted by Crippen LogP contribution is -2.26. The number of nitro groups is 2. The van der Waals surface area contributed by atoms with E-state index in [9.17, 15) is 25.0 Å². The predicted octanol–water partition coefficient (Wildman–Crippen LogP) is 3.24. The van der Waals surface area contributed by atoms with Crippen LogP contribution in [0.15, 0.2) is 48.5 Å². The first kappa shape index (κ1) is 23.5. The van der Waals surface area contributed by atoms with Crippen LogP contribution in [0.1, 0.15) is 6.92 Å². The number of esters is 1. The van der Waals surface area contributed by atoms with Gasteiger partial charge in [-0.2, -0.15) is 0 Å². The molecular weight excluding hydrogens is 432 g/mol. The molecule has 164 valence electrons. The third-order valence-electron chi connectivity index (χ3n) is 3.69. The summed E-state index contributed by atoms with van der Waals surface area (Å²) in [6.45, 7) is 1.19. The van der Waals surface area contributed by atoms with Crippen molar-refractivity contribution in [2.45, 2.75) is 13.0 Å². The Labute approximate surface area is 181 Å². The van der Waals surface area contributed by atoms with Crippen LogP contribution in [0.3, 0.4) is 0 Å². The topological polar surface area (TPSA) is 140 Å². The quantitative estimate of drug-likeness (QED) is 0.165. The van der Waals surface area contributed by atoms with Gasteiger partial charge in [-0.05, 0) is 43.4 Å². The Bertz CT molecular complexity index is 932. The van der Waals surface area contributed by atoms with Gasteiger partial charge in [-0.25, -0.2) is 4.79 Å². The number of rotatable bonds is 11. The van der Waals surface area contributed by atoms with E-state index in [4.69, 9.17) is 31.2 Å². The van der Waals surface area contributed by atoms with Gasteiger partial charge >= 0.3 is 5.97 Å². The number of ether oxygens (including phenoxy) is 4. The van der Waals surface area contributed by atoms with Gasteiger partial charge in [0.2, 0.25) is 5.05 Å². The molecule has 0 amide bonds. The molecule has 0 fully saturated rings. The number of nitro benzene ring substituents is 2. The van der Waals surface area contributed by atoms with Crippen molar-refractivity contribution >= 4 is 34.6 Å². The molecule has 0 aliphatic carbocycles. The van der Waals surface area contributed by atoms with Crippen LogP contribution in [0, 0.1) is 20.2 Å². The van der Waals surface area contributed by atoms with Gasteiger partial charge in [0, 0.05) is 24.3 Å². The minimum atomic E-state index is -0.650. The van der Waals surface area contributed by atoms with Crippen LogP contribution in [-0.2, 0) is 14.3 Å². The highest BCUT2D eigenvalue weighted by Crippen LogP contribution is 2.19. The van der Waals surface area contributed by atoms with Crippen molar-refractivity contribution in [1.29, 1.82) is 0 Å². The molecule has 0 radical (unpaired) electrons. The molecule has 0 aromatic heterocycles. The number of nitrogens with zero attached hydrogens (tertiary/aromatic N) is 2. The standard InChI is InChI=1S/C19H18N2O9S/c1-13(30-17-8-4-15(5-9-17)21(25)26)19(31)28-11-10-27-18(22)12-29-16-6-2-14(3-7-16)20(23)24/h2-9,13H,10-12H2,1H3. The number of carbonyl (C=O) groups excluding carboxylic acids is 1. The molecular formula is C19H18N2O9S. The van der Waals surface area contributed by atoms with Crippen molar-refractivity contribution in [2.75, 3.05) is 19.8 Å². The summed E-state index contributed by atoms with van der Waals surface area (Å²) < 4.78 is 21.0. The summed E-state index contributed by atoms with van der Waals surface area (Å²) in [7, 11) is 0. The Morgan fingerprint density at radius 1 is 0.903 bits per heavy atom. The van der Waals surface area contributed by atoms with Gasteiger partial charge < -0.3 is 18.9 Å². The number of benzene rings is 2. The van der Waals surface area contributed by atoms with Crippen molar-refractivity contribution in [1.82, 2.24) is 0 Å². The number of thiocarbonyl (C=S) groups is 1. The van der Waals surface area contributed by atoms with Crippen LogP contribution in [0.25, 0.3) is 0 Å². The van der Waals surface area contributed by atoms with Gasteiger partial charge in [-0.15, -0.1) is 0 Å². The first-order valence-corrected chi connectivity index (χ1v) is 9.27. The summed E-state index contributed by atoms with van der Waals surface area (Å²) in [5.41, 5.74) is -0.145. The molecule has 0 saturated heterocycles. The van der Waals surface area contributed by atoms with E-state index in [0.29, 0.717) is 5.75 Å². The van der Waals surface area contributed by atoms with E-state index >= 15 is 0 Å². The number of hydrogen-bond acceptors (Lipinski definition) is 10. The number of hydrogen-bond donors (Lipinski definition) is 0. The normalized spacial score (nSPS) is 11.1. The van der Waals surface area contributed by atoms with Crippen LogP contribution in [0.4, 0.5) is 11.4 Å². The van der Waals surface area contributed by atoms with E-state index in [1.54, 1.807) is 6.92 Å². The maximum atomic E-state index is 11.7. The predicted molar refractivity (Wildman–Crippen MR) is 111 cm³/mol. The molecule has 0 aliphatic heterocycles. The van der Waals surface area contributed by atoms with E-state index in [1.165, 1.54) is 48.5 Å². The summed E-state index contributed by atoms with van der Waals surface area (Å²) in [6, 6.07) is 10.8. The van der Waals surface area contributed by atoms with Crippen molar-refractivity contribution in [2.24, 2.45) is 0 Å². The third kappa shape index (κ3) is 7.85. The Kier molecular flexibility index (Phi) is 8.64. The highest BCUT2D eigenvalue weighted by atomic mass is 32.1. The van der Waals surface area contributed by atoms with Crippen LogP contribution in [0.2, 0.25) is 0 Å². The van der Waals surface area contributed by atoms with Gasteiger partial charge in [0.25, 0.3) is 11.4 Å². The third-order valence-corrected chi connectivity index (χ3v) is 4.14. The van der Waals surface area contributed by atoms with Crippen LogP contribution in [0.5, 0.6) is 11.5 Å². The molecule has 12 heteroatoms. The summed E-state index contributed by atoms with van der Waals surface area (Å²) >= 11 is 5.10. The van der Waals surface area contributed by atoms with Crippen LogP contribution >= 0.6 is 12.2 Å². The molecule has 11 nitrogen and oxygen atoms in total. The van der Waals surface area contributed by atoms with Gasteiger partial charge in [0.15, 0.2) is 12.7 Å². The number of non-ortho nitro benzene ring substituents is 2. The molecule has 0 aliphatic rings. The Morgan fingerprint density at radius 3 is 1.90 bits per heavy atom. The van der Waals surface area contributed by atoms with Gasteiger partial charge in [-0.1, -0.05) is 0 Å².